The van der Waals surface area contributed by atoms with Gasteiger partial charge in [0.05, 0.1) is 5.41 Å². The lowest BCUT2D eigenvalue weighted by Gasteiger charge is -2.35. The number of carboxylic acid groups (broad SMARTS) is 1. The molecular weight excluding hydrogens is 192 g/mol. The summed E-state index contributed by atoms with van der Waals surface area (Å²) in [6.07, 6.45) is 2.32. The molecule has 4 heteroatoms. The van der Waals surface area contributed by atoms with Gasteiger partial charge in [-0.1, -0.05) is 0 Å². The van der Waals surface area contributed by atoms with Crippen molar-refractivity contribution in [1.29, 1.82) is 0 Å². The summed E-state index contributed by atoms with van der Waals surface area (Å²) in [6, 6.07) is 0. The summed E-state index contributed by atoms with van der Waals surface area (Å²) in [5.74, 6) is -0.180. The van der Waals surface area contributed by atoms with Crippen molar-refractivity contribution >= 4 is 5.97 Å². The van der Waals surface area contributed by atoms with Crippen LogP contribution in [0, 0.1) is 11.3 Å². The second-order valence-electron chi connectivity index (χ2n) is 5.17. The lowest BCUT2D eigenvalue weighted by atomic mass is 9.90. The molecule has 0 bridgehead atoms. The summed E-state index contributed by atoms with van der Waals surface area (Å²) < 4.78 is 0. The van der Waals surface area contributed by atoms with Gasteiger partial charge in [-0.15, -0.1) is 0 Å². The summed E-state index contributed by atoms with van der Waals surface area (Å²) in [5.41, 5.74) is 4.99. The Kier molecular flexibility index (Phi) is 4.11. The molecule has 0 aromatic carbocycles. The van der Waals surface area contributed by atoms with E-state index in [0.29, 0.717) is 19.0 Å². The number of carboxylic acids is 1. The summed E-state index contributed by atoms with van der Waals surface area (Å²) in [5, 5.41) is 9.04. The third-order valence-electron chi connectivity index (χ3n) is 3.13. The fourth-order valence-electron chi connectivity index (χ4n) is 2.11. The zero-order valence-corrected chi connectivity index (χ0v) is 9.70. The molecule has 1 heterocycles. The minimum atomic E-state index is -0.725. The fourth-order valence-corrected chi connectivity index (χ4v) is 2.11. The lowest BCUT2D eigenvalue weighted by molar-refractivity contribution is -0.148. The zero-order chi connectivity index (χ0) is 11.5. The van der Waals surface area contributed by atoms with Gasteiger partial charge in [-0.25, -0.2) is 0 Å². The highest BCUT2D eigenvalue weighted by atomic mass is 16.4. The number of piperidine rings is 1. The Bertz CT molecular complexity index is 229. The molecule has 15 heavy (non-hydrogen) atoms. The van der Waals surface area contributed by atoms with Crippen LogP contribution in [0.1, 0.15) is 26.7 Å². The van der Waals surface area contributed by atoms with Crippen molar-refractivity contribution < 1.29 is 9.90 Å². The van der Waals surface area contributed by atoms with Crippen molar-refractivity contribution in [3.63, 3.8) is 0 Å². The third-order valence-corrected chi connectivity index (χ3v) is 3.13. The van der Waals surface area contributed by atoms with Crippen LogP contribution in [0.15, 0.2) is 0 Å². The monoisotopic (exact) mass is 214 g/mol. The molecule has 4 nitrogen and oxygen atoms in total. The van der Waals surface area contributed by atoms with E-state index in [1.165, 1.54) is 6.42 Å². The number of likely N-dealkylation sites (tertiary alicyclic amines) is 1. The molecule has 0 spiro atoms. The van der Waals surface area contributed by atoms with E-state index >= 15 is 0 Å². The van der Waals surface area contributed by atoms with E-state index in [0.717, 1.165) is 19.5 Å². The average Bonchev–Trinajstić information content (AvgIpc) is 2.17. The molecule has 3 N–H and O–H groups in total. The van der Waals surface area contributed by atoms with Crippen LogP contribution in [-0.2, 0) is 4.79 Å². The first-order valence-corrected chi connectivity index (χ1v) is 5.61. The average molecular weight is 214 g/mol. The van der Waals surface area contributed by atoms with Crippen LogP contribution in [0.2, 0.25) is 0 Å². The van der Waals surface area contributed by atoms with Crippen LogP contribution in [0.5, 0.6) is 0 Å². The Balaban J connectivity index is 2.47. The Morgan fingerprint density at radius 3 is 2.80 bits per heavy atom. The van der Waals surface area contributed by atoms with Crippen molar-refractivity contribution in [3.05, 3.63) is 0 Å². The van der Waals surface area contributed by atoms with Crippen molar-refractivity contribution in [3.8, 4) is 0 Å². The lowest BCUT2D eigenvalue weighted by Crippen LogP contribution is -2.45. The predicted molar refractivity (Wildman–Crippen MR) is 59.6 cm³/mol. The molecule has 1 aliphatic rings. The molecule has 0 aliphatic carbocycles. The van der Waals surface area contributed by atoms with Gasteiger partial charge in [0.2, 0.25) is 0 Å². The Morgan fingerprint density at radius 2 is 2.27 bits per heavy atom. The highest BCUT2D eigenvalue weighted by molar-refractivity contribution is 5.73. The summed E-state index contributed by atoms with van der Waals surface area (Å²) in [6.45, 7) is 6.85. The zero-order valence-electron chi connectivity index (χ0n) is 9.70. The van der Waals surface area contributed by atoms with Gasteiger partial charge in [0.1, 0.15) is 0 Å². The Hall–Kier alpha value is -0.610. The molecule has 1 fully saturated rings. The summed E-state index contributed by atoms with van der Waals surface area (Å²) in [4.78, 5) is 13.2. The van der Waals surface area contributed by atoms with E-state index in [1.54, 1.807) is 13.8 Å². The molecule has 0 amide bonds. The number of rotatable bonds is 4. The minimum absolute atomic E-state index is 0.545. The van der Waals surface area contributed by atoms with Crippen LogP contribution < -0.4 is 5.73 Å². The van der Waals surface area contributed by atoms with Gasteiger partial charge in [-0.05, 0) is 45.7 Å². The highest BCUT2D eigenvalue weighted by Crippen LogP contribution is 2.22. The molecule has 1 rings (SSSR count). The van der Waals surface area contributed by atoms with Crippen molar-refractivity contribution in [2.24, 2.45) is 17.1 Å². The fraction of sp³-hybridized carbons (Fsp3) is 0.909. The molecule has 0 saturated carbocycles. The molecule has 1 saturated heterocycles. The maximum Gasteiger partial charge on any atom is 0.310 e. The van der Waals surface area contributed by atoms with Gasteiger partial charge in [0, 0.05) is 13.1 Å². The van der Waals surface area contributed by atoms with Crippen LogP contribution >= 0.6 is 0 Å². The molecule has 0 aromatic rings. The normalized spacial score (nSPS) is 24.1. The maximum atomic E-state index is 11.0. The molecule has 0 radical (unpaired) electrons. The largest absolute Gasteiger partial charge is 0.481 e. The van der Waals surface area contributed by atoms with Crippen LogP contribution in [0.3, 0.4) is 0 Å². The first-order chi connectivity index (χ1) is 6.95. The molecule has 0 aromatic heterocycles. The second-order valence-corrected chi connectivity index (χ2v) is 5.17. The number of hydrogen-bond acceptors (Lipinski definition) is 3. The van der Waals surface area contributed by atoms with E-state index in [4.69, 9.17) is 10.8 Å². The van der Waals surface area contributed by atoms with Crippen LogP contribution in [0.25, 0.3) is 0 Å². The summed E-state index contributed by atoms with van der Waals surface area (Å²) >= 11 is 0. The van der Waals surface area contributed by atoms with Crippen molar-refractivity contribution in [2.45, 2.75) is 26.7 Å². The van der Waals surface area contributed by atoms with E-state index in [2.05, 4.69) is 4.90 Å². The topological polar surface area (TPSA) is 66.6 Å². The SMILES string of the molecule is CC(C)(CN1CCCC(CN)C1)C(=O)O. The number of nitrogens with zero attached hydrogens (tertiary/aromatic N) is 1. The first kappa shape index (κ1) is 12.5. The molecule has 88 valence electrons. The van der Waals surface area contributed by atoms with Gasteiger partial charge in [-0.2, -0.15) is 0 Å². The highest BCUT2D eigenvalue weighted by Gasteiger charge is 2.31. The summed E-state index contributed by atoms with van der Waals surface area (Å²) in [7, 11) is 0. The standard InChI is InChI=1S/C11H22N2O2/c1-11(2,10(14)15)8-13-5-3-4-9(6-12)7-13/h9H,3-8,12H2,1-2H3,(H,14,15). The number of hydrogen-bond donors (Lipinski definition) is 2. The van der Waals surface area contributed by atoms with Crippen LogP contribution in [-0.4, -0.2) is 42.2 Å². The van der Waals surface area contributed by atoms with E-state index in [1.807, 2.05) is 0 Å². The number of nitrogens with two attached hydrogens (primary N) is 1. The third kappa shape index (κ3) is 3.47. The minimum Gasteiger partial charge on any atom is -0.481 e. The van der Waals surface area contributed by atoms with Gasteiger partial charge < -0.3 is 15.7 Å². The van der Waals surface area contributed by atoms with Crippen LogP contribution in [0.4, 0.5) is 0 Å². The van der Waals surface area contributed by atoms with E-state index in [9.17, 15) is 4.79 Å². The molecule has 1 atom stereocenters. The predicted octanol–water partition coefficient (Wildman–Crippen LogP) is 0.768. The van der Waals surface area contributed by atoms with E-state index in [-0.39, 0.29) is 0 Å². The number of carbonyl (C=O) groups is 1. The Labute approximate surface area is 91.4 Å². The number of aliphatic carboxylic acids is 1. The quantitative estimate of drug-likeness (QED) is 0.725. The van der Waals surface area contributed by atoms with Gasteiger partial charge >= 0.3 is 5.97 Å². The smallest absolute Gasteiger partial charge is 0.310 e. The second kappa shape index (κ2) is 4.94. The van der Waals surface area contributed by atoms with Gasteiger partial charge in [0.15, 0.2) is 0 Å². The Morgan fingerprint density at radius 1 is 1.60 bits per heavy atom. The first-order valence-electron chi connectivity index (χ1n) is 5.61. The van der Waals surface area contributed by atoms with Gasteiger partial charge in [0.25, 0.3) is 0 Å². The van der Waals surface area contributed by atoms with Gasteiger partial charge in [-0.3, -0.25) is 4.79 Å². The molecule has 1 aliphatic heterocycles. The molecular formula is C11H22N2O2. The molecule has 1 unspecified atom stereocenters. The van der Waals surface area contributed by atoms with Crippen molar-refractivity contribution in [1.82, 2.24) is 4.90 Å². The van der Waals surface area contributed by atoms with E-state index < -0.39 is 11.4 Å². The maximum absolute atomic E-state index is 11.0. The van der Waals surface area contributed by atoms with Crippen molar-refractivity contribution in [2.75, 3.05) is 26.2 Å².